The van der Waals surface area contributed by atoms with Crippen LogP contribution in [-0.2, 0) is 37.4 Å². The van der Waals surface area contributed by atoms with Crippen molar-refractivity contribution >= 4 is 29.9 Å². The van der Waals surface area contributed by atoms with Crippen LogP contribution in [0.4, 0.5) is 35.5 Å². The van der Waals surface area contributed by atoms with Crippen LogP contribution in [-0.4, -0.2) is 122 Å². The van der Waals surface area contributed by atoms with Gasteiger partial charge in [-0.3, -0.25) is 15.1 Å². The largest absolute Gasteiger partial charge is 0.514 e. The van der Waals surface area contributed by atoms with Crippen LogP contribution >= 0.6 is 11.8 Å². The monoisotopic (exact) mass is 1020 g/mol. The van der Waals surface area contributed by atoms with Gasteiger partial charge in [-0.25, -0.2) is 14.4 Å². The normalized spacial score (nSPS) is 26.0. The summed E-state index contributed by atoms with van der Waals surface area (Å²) in [5.74, 6) is -19.2. The third-order valence-corrected chi connectivity index (χ3v) is 15.4. The SMILES string of the molecule is COc1cc2c(cc1OC(=O)OC(C)(C)C)CCN[C@]21CS[C@@H]2c3c(OC(=O)C(F)(F)C(F)(F)C(F)(F)F)c(C)c4c(c3[C@H](COC1=O)N1C2[C@H]2c3c(cc(C)c(OC)c3O)C[C@@H]([C@@H]1C#N)N2C)OCO4. The molecular weight excluding hydrogens is 978 g/mol. The number of likely N-dealkylation sites (N-methyl/N-ethyl adjacent to an activating group) is 1. The predicted octanol–water partition coefficient (Wildman–Crippen LogP) is 7.41. The Morgan fingerprint density at radius 2 is 1.63 bits per heavy atom. The van der Waals surface area contributed by atoms with E-state index in [1.165, 1.54) is 33.3 Å². The number of benzene rings is 3. The van der Waals surface area contributed by atoms with Gasteiger partial charge >= 0.3 is 36.1 Å². The number of rotatable bonds is 6. The molecule has 382 valence electrons. The lowest BCUT2D eigenvalue weighted by atomic mass is 9.71. The van der Waals surface area contributed by atoms with E-state index in [9.17, 15) is 41.9 Å². The molecule has 0 aliphatic carbocycles. The van der Waals surface area contributed by atoms with Crippen LogP contribution in [0.5, 0.6) is 40.2 Å². The first-order valence-corrected chi connectivity index (χ1v) is 23.2. The molecule has 1 spiro atoms. The molecule has 71 heavy (non-hydrogen) atoms. The number of piperazine rings is 1. The van der Waals surface area contributed by atoms with Gasteiger partial charge in [0.1, 0.15) is 24.0 Å². The van der Waals surface area contributed by atoms with Crippen LogP contribution in [0.3, 0.4) is 0 Å². The predicted molar refractivity (Wildman–Crippen MR) is 233 cm³/mol. The highest BCUT2D eigenvalue weighted by molar-refractivity contribution is 7.99. The number of phenolic OH excluding ortho intramolecular Hbond substituents is 1. The number of hydrogen-bond donors (Lipinski definition) is 2. The summed E-state index contributed by atoms with van der Waals surface area (Å²) in [6.45, 7) is 6.80. The standard InChI is InChI=1S/C47H47F7N4O12S/c1-19-11-22-12-24-25(15-55)58-26-16-65-40(60)44(23-14-27(63-7)28(13-21(23)9-10-56-44)68-42(62)70-43(3,4)5)17-71-39(33(58)32(57(24)6)29(22)34(59)35(19)64-8)31-30(26)38-37(66-18-67-38)20(2)36(31)69-41(61)45(48,49)46(50,51)47(52,53)54/h11,13-14,24-26,32-33,39,56,59H,9-10,12,16-18H2,1-8H3/t24-,25-,26-,32+,33?,39+,44+/m0/s1. The molecule has 3 aromatic carbocycles. The lowest BCUT2D eigenvalue weighted by Gasteiger charge is -2.62. The number of thioether (sulfide) groups is 1. The van der Waals surface area contributed by atoms with Crippen LogP contribution in [0, 0.1) is 25.2 Å². The van der Waals surface area contributed by atoms with E-state index in [4.69, 9.17) is 37.9 Å². The lowest BCUT2D eigenvalue weighted by Crippen LogP contribution is -2.69. The van der Waals surface area contributed by atoms with Crippen molar-refractivity contribution in [3.05, 3.63) is 62.7 Å². The maximum atomic E-state index is 15.4. The van der Waals surface area contributed by atoms with E-state index in [1.807, 2.05) is 4.90 Å². The van der Waals surface area contributed by atoms with E-state index in [2.05, 4.69) is 11.4 Å². The molecule has 2 saturated heterocycles. The molecule has 10 rings (SSSR count). The molecule has 0 radical (unpaired) electrons. The quantitative estimate of drug-likeness (QED) is 0.107. The van der Waals surface area contributed by atoms with Gasteiger partial charge in [0.2, 0.25) is 6.79 Å². The van der Waals surface area contributed by atoms with E-state index < -0.39 is 102 Å². The smallest absolute Gasteiger partial charge is 0.504 e. The molecule has 1 unspecified atom stereocenters. The number of halogens is 7. The zero-order valence-electron chi connectivity index (χ0n) is 39.3. The Kier molecular flexibility index (Phi) is 12.1. The Hall–Kier alpha value is -5.90. The molecule has 24 heteroatoms. The molecule has 7 aliphatic rings. The number of nitrogens with one attached hydrogen (secondary N) is 1. The first-order valence-electron chi connectivity index (χ1n) is 22.2. The van der Waals surface area contributed by atoms with Crippen LogP contribution in [0.1, 0.15) is 82.6 Å². The number of nitrogens with zero attached hydrogens (tertiary/aromatic N) is 3. The second-order valence-electron chi connectivity index (χ2n) is 19.1. The van der Waals surface area contributed by atoms with E-state index in [-0.39, 0.29) is 76.3 Å². The third-order valence-electron chi connectivity index (χ3n) is 14.0. The number of aryl methyl sites for hydroxylation is 1. The average molecular weight is 1020 g/mol. The van der Waals surface area contributed by atoms with Gasteiger partial charge in [-0.05, 0) is 88.9 Å². The fraction of sp³-hybridized carbons (Fsp3) is 0.532. The van der Waals surface area contributed by atoms with Crippen LogP contribution in [0.2, 0.25) is 0 Å². The first kappa shape index (κ1) is 50.1. The van der Waals surface area contributed by atoms with Crippen molar-refractivity contribution in [1.82, 2.24) is 15.1 Å². The van der Waals surface area contributed by atoms with Gasteiger partial charge in [-0.1, -0.05) is 6.07 Å². The van der Waals surface area contributed by atoms with Crippen molar-refractivity contribution in [2.75, 3.05) is 47.0 Å². The number of esters is 2. The second kappa shape index (κ2) is 17.1. The minimum atomic E-state index is -6.89. The van der Waals surface area contributed by atoms with Gasteiger partial charge in [-0.2, -0.15) is 36.0 Å². The number of carbonyl (C=O) groups excluding carboxylic acids is 3. The van der Waals surface area contributed by atoms with E-state index in [0.29, 0.717) is 27.8 Å². The summed E-state index contributed by atoms with van der Waals surface area (Å²) in [5, 5.41) is 25.3. The van der Waals surface area contributed by atoms with E-state index in [1.54, 1.807) is 45.7 Å². The van der Waals surface area contributed by atoms with Gasteiger partial charge in [0.25, 0.3) is 0 Å². The molecule has 16 nitrogen and oxygen atoms in total. The summed E-state index contributed by atoms with van der Waals surface area (Å²) in [6, 6.07) is 2.01. The molecule has 3 aromatic rings. The van der Waals surface area contributed by atoms with Gasteiger partial charge in [-0.15, -0.1) is 11.8 Å². The Morgan fingerprint density at radius 3 is 2.28 bits per heavy atom. The zero-order chi connectivity index (χ0) is 51.7. The molecule has 4 bridgehead atoms. The van der Waals surface area contributed by atoms with Gasteiger partial charge in [0, 0.05) is 46.6 Å². The summed E-state index contributed by atoms with van der Waals surface area (Å²) in [5.41, 5.74) is -0.966. The lowest BCUT2D eigenvalue weighted by molar-refractivity contribution is -0.346. The zero-order valence-corrected chi connectivity index (χ0v) is 40.1. The Labute approximate surface area is 405 Å². The number of carbonyl (C=O) groups is 3. The van der Waals surface area contributed by atoms with Crippen molar-refractivity contribution in [2.45, 2.75) is 112 Å². The first-order chi connectivity index (χ1) is 33.2. The minimum absolute atomic E-state index is 0.00456. The average Bonchev–Trinajstić information content (AvgIpc) is 3.78. The number of aromatic hydroxyl groups is 1. The van der Waals surface area contributed by atoms with E-state index in [0.717, 1.165) is 11.8 Å². The molecule has 0 amide bonds. The van der Waals surface area contributed by atoms with Crippen molar-refractivity contribution < 1.29 is 88.1 Å². The number of nitriles is 1. The summed E-state index contributed by atoms with van der Waals surface area (Å²) in [6.07, 6.45) is -7.46. The van der Waals surface area contributed by atoms with Crippen LogP contribution in [0.25, 0.3) is 0 Å². The molecule has 7 heterocycles. The maximum absolute atomic E-state index is 15.4. The fourth-order valence-electron chi connectivity index (χ4n) is 10.9. The highest BCUT2D eigenvalue weighted by atomic mass is 32.2. The molecule has 0 saturated carbocycles. The number of hydrogen-bond acceptors (Lipinski definition) is 17. The number of alkyl halides is 7. The Morgan fingerprint density at radius 1 is 0.930 bits per heavy atom. The van der Waals surface area contributed by atoms with Crippen molar-refractivity contribution in [2.24, 2.45) is 0 Å². The maximum Gasteiger partial charge on any atom is 0.514 e. The second-order valence-corrected chi connectivity index (χ2v) is 20.2. The Bertz CT molecular complexity index is 2800. The summed E-state index contributed by atoms with van der Waals surface area (Å²) in [7, 11) is 4.36. The van der Waals surface area contributed by atoms with Gasteiger partial charge in [0.15, 0.2) is 40.0 Å². The number of fused-ring (bicyclic) bond motifs is 9. The number of phenols is 1. The van der Waals surface area contributed by atoms with Gasteiger partial charge in [0.05, 0.1) is 37.6 Å². The van der Waals surface area contributed by atoms with Crippen molar-refractivity contribution in [3.63, 3.8) is 0 Å². The highest BCUT2D eigenvalue weighted by Gasteiger charge is 2.77. The summed E-state index contributed by atoms with van der Waals surface area (Å²) in [4.78, 5) is 45.0. The van der Waals surface area contributed by atoms with Crippen LogP contribution < -0.4 is 33.7 Å². The molecule has 7 aliphatic heterocycles. The molecule has 2 fully saturated rings. The fourth-order valence-corrected chi connectivity index (χ4v) is 12.6. The van der Waals surface area contributed by atoms with E-state index >= 15 is 13.6 Å². The van der Waals surface area contributed by atoms with Crippen molar-refractivity contribution in [3.8, 4) is 46.3 Å². The number of ether oxygens (including phenoxy) is 8. The topological polar surface area (TPSA) is 188 Å². The highest BCUT2D eigenvalue weighted by Crippen LogP contribution is 2.65. The minimum Gasteiger partial charge on any atom is -0.504 e. The third kappa shape index (κ3) is 7.54. The van der Waals surface area contributed by atoms with Crippen molar-refractivity contribution in [1.29, 1.82) is 5.26 Å². The number of methoxy groups -OCH3 is 2. The van der Waals surface area contributed by atoms with Gasteiger partial charge < -0.3 is 43.0 Å². The molecule has 0 aromatic heterocycles. The van der Waals surface area contributed by atoms with Crippen LogP contribution in [0.15, 0.2) is 18.2 Å². The summed E-state index contributed by atoms with van der Waals surface area (Å²) < 4.78 is 146. The molecule has 2 N–H and O–H groups in total. The molecule has 7 atom stereocenters. The Balaban J connectivity index is 1.29. The molecular formula is C47H47F7N4O12S. The summed E-state index contributed by atoms with van der Waals surface area (Å²) >= 11 is 0.956.